The molecule has 2 atom stereocenters. The van der Waals surface area contributed by atoms with E-state index in [-0.39, 0.29) is 35.5 Å². The highest BCUT2D eigenvalue weighted by Gasteiger charge is 2.27. The van der Waals surface area contributed by atoms with Crippen molar-refractivity contribution in [1.82, 2.24) is 10.3 Å². The molecule has 3 N–H and O–H groups in total. The monoisotopic (exact) mass is 526 g/mol. The second-order valence-electron chi connectivity index (χ2n) is 8.12. The van der Waals surface area contributed by atoms with E-state index in [9.17, 15) is 26.8 Å². The van der Waals surface area contributed by atoms with Crippen LogP contribution in [0.1, 0.15) is 41.7 Å². The second kappa shape index (κ2) is 12.1. The number of rotatable bonds is 11. The number of nitrogens with two attached hydrogens (primary N) is 1. The molecule has 1 aromatic heterocycles. The zero-order chi connectivity index (χ0) is 26.3. The zero-order valence-electron chi connectivity index (χ0n) is 19.6. The van der Waals surface area contributed by atoms with Crippen LogP contribution in [-0.2, 0) is 19.3 Å². The molecule has 2 heterocycles. The van der Waals surface area contributed by atoms with Gasteiger partial charge in [-0.2, -0.15) is 8.78 Å². The highest BCUT2D eigenvalue weighted by atomic mass is 32.2. The number of carbonyl (C=O) groups is 2. The number of benzene rings is 1. The summed E-state index contributed by atoms with van der Waals surface area (Å²) in [6, 6.07) is 8.00. The number of alkyl halides is 2. The van der Waals surface area contributed by atoms with E-state index in [1.54, 1.807) is 12.1 Å². The molecule has 1 fully saturated rings. The number of primary amides is 1. The molecule has 1 aliphatic heterocycles. The summed E-state index contributed by atoms with van der Waals surface area (Å²) in [5, 5.41) is 2.73. The Hall–Kier alpha value is -3.32. The van der Waals surface area contributed by atoms with E-state index >= 15 is 0 Å². The van der Waals surface area contributed by atoms with Gasteiger partial charge in [-0.25, -0.2) is 18.2 Å². The number of hydrogen-bond acceptors (Lipinski definition) is 8. The third kappa shape index (κ3) is 7.10. The summed E-state index contributed by atoms with van der Waals surface area (Å²) in [5.41, 5.74) is 5.79. The summed E-state index contributed by atoms with van der Waals surface area (Å²) in [5.74, 6) is -0.0396. The molecule has 1 aromatic carbocycles. The standard InChI is InChI=1S/C23H28F2N4O6S/c1-2-36(32,33)18-8-5-15(6-9-18)19(14-35-23(26)31)28-21(30)16-7-10-20(27-12-16)29-11-3-4-17(29)13-34-22(24)25/h5-10,12,17,19,22H,2-4,11,13-14H2,1H3,(H2,26,31)(H,28,30)/t17-,19-/m0/s1. The average Bonchev–Trinajstić information content (AvgIpc) is 3.34. The van der Waals surface area contributed by atoms with Crippen LogP contribution in [0.4, 0.5) is 19.4 Å². The topological polar surface area (TPSA) is 141 Å². The zero-order valence-corrected chi connectivity index (χ0v) is 20.4. The van der Waals surface area contributed by atoms with Crippen LogP contribution in [0, 0.1) is 0 Å². The largest absolute Gasteiger partial charge is 0.447 e. The molecule has 0 radical (unpaired) electrons. The number of halogens is 2. The summed E-state index contributed by atoms with van der Waals surface area (Å²) < 4.78 is 58.3. The number of carbonyl (C=O) groups excluding carboxylic acids is 2. The van der Waals surface area contributed by atoms with E-state index in [4.69, 9.17) is 10.5 Å². The molecule has 0 unspecified atom stereocenters. The fourth-order valence-corrected chi connectivity index (χ4v) is 4.77. The number of pyridine rings is 1. The van der Waals surface area contributed by atoms with E-state index in [1.807, 2.05) is 4.90 Å². The second-order valence-corrected chi connectivity index (χ2v) is 10.4. The van der Waals surface area contributed by atoms with Crippen LogP contribution >= 0.6 is 0 Å². The molecule has 0 saturated carbocycles. The maximum Gasteiger partial charge on any atom is 0.404 e. The number of sulfone groups is 1. The highest BCUT2D eigenvalue weighted by Crippen LogP contribution is 2.25. The molecule has 36 heavy (non-hydrogen) atoms. The molecule has 2 amide bonds. The van der Waals surface area contributed by atoms with Gasteiger partial charge in [-0.3, -0.25) is 4.79 Å². The molecule has 0 spiro atoms. The van der Waals surface area contributed by atoms with Gasteiger partial charge in [-0.1, -0.05) is 19.1 Å². The van der Waals surface area contributed by atoms with Gasteiger partial charge in [0.1, 0.15) is 12.4 Å². The molecular formula is C23H28F2N4O6S. The van der Waals surface area contributed by atoms with Crippen LogP contribution in [0.25, 0.3) is 0 Å². The van der Waals surface area contributed by atoms with Crippen molar-refractivity contribution in [3.8, 4) is 0 Å². The van der Waals surface area contributed by atoms with Gasteiger partial charge in [0.05, 0.1) is 34.9 Å². The lowest BCUT2D eigenvalue weighted by Gasteiger charge is -2.25. The van der Waals surface area contributed by atoms with Gasteiger partial charge in [0, 0.05) is 12.7 Å². The lowest BCUT2D eigenvalue weighted by atomic mass is 10.1. The van der Waals surface area contributed by atoms with Crippen molar-refractivity contribution in [2.45, 2.75) is 43.4 Å². The number of ether oxygens (including phenoxy) is 2. The molecule has 13 heteroatoms. The van der Waals surface area contributed by atoms with Crippen molar-refractivity contribution >= 4 is 27.7 Å². The minimum absolute atomic E-state index is 0.0578. The van der Waals surface area contributed by atoms with Crippen molar-refractivity contribution in [3.05, 3.63) is 53.7 Å². The maximum absolute atomic E-state index is 12.9. The number of nitrogens with zero attached hydrogens (tertiary/aromatic N) is 2. The molecule has 3 rings (SSSR count). The number of anilines is 1. The van der Waals surface area contributed by atoms with Crippen molar-refractivity contribution in [2.24, 2.45) is 5.73 Å². The van der Waals surface area contributed by atoms with E-state index in [0.717, 1.165) is 6.42 Å². The Morgan fingerprint density at radius 1 is 1.22 bits per heavy atom. The Morgan fingerprint density at radius 3 is 2.53 bits per heavy atom. The first-order chi connectivity index (χ1) is 17.1. The molecule has 1 saturated heterocycles. The third-order valence-electron chi connectivity index (χ3n) is 5.82. The van der Waals surface area contributed by atoms with Gasteiger partial charge in [-0.15, -0.1) is 0 Å². The minimum atomic E-state index is -3.41. The number of amides is 2. The minimum Gasteiger partial charge on any atom is -0.447 e. The Bertz CT molecular complexity index is 1150. The van der Waals surface area contributed by atoms with E-state index in [2.05, 4.69) is 15.0 Å². The molecule has 196 valence electrons. The molecule has 10 nitrogen and oxygen atoms in total. The van der Waals surface area contributed by atoms with Crippen LogP contribution in [0.15, 0.2) is 47.5 Å². The molecule has 0 bridgehead atoms. The smallest absolute Gasteiger partial charge is 0.404 e. The number of nitrogens with one attached hydrogen (secondary N) is 1. The highest BCUT2D eigenvalue weighted by molar-refractivity contribution is 7.91. The fraction of sp³-hybridized carbons (Fsp3) is 0.435. The van der Waals surface area contributed by atoms with E-state index in [0.29, 0.717) is 24.3 Å². The third-order valence-corrected chi connectivity index (χ3v) is 7.57. The average molecular weight is 527 g/mol. The summed E-state index contributed by atoms with van der Waals surface area (Å²) in [6.45, 7) is -1.07. The summed E-state index contributed by atoms with van der Waals surface area (Å²) >= 11 is 0. The SMILES string of the molecule is CCS(=O)(=O)c1ccc([C@H](COC(N)=O)NC(=O)c2ccc(N3CCC[C@H]3COC(F)F)nc2)cc1. The molecule has 1 aliphatic rings. The predicted molar refractivity (Wildman–Crippen MR) is 126 cm³/mol. The molecule has 0 aliphatic carbocycles. The van der Waals surface area contributed by atoms with Crippen LogP contribution < -0.4 is 16.0 Å². The van der Waals surface area contributed by atoms with Gasteiger partial charge >= 0.3 is 12.7 Å². The van der Waals surface area contributed by atoms with Gasteiger partial charge in [0.2, 0.25) is 0 Å². The fourth-order valence-electron chi connectivity index (χ4n) is 3.89. The van der Waals surface area contributed by atoms with Crippen molar-refractivity contribution < 1.29 is 36.3 Å². The van der Waals surface area contributed by atoms with Crippen molar-refractivity contribution in [2.75, 3.05) is 30.4 Å². The lowest BCUT2D eigenvalue weighted by molar-refractivity contribution is -0.131. The van der Waals surface area contributed by atoms with E-state index in [1.165, 1.54) is 37.4 Å². The first-order valence-electron chi connectivity index (χ1n) is 11.3. The molecule has 2 aromatic rings. The predicted octanol–water partition coefficient (Wildman–Crippen LogP) is 2.65. The Balaban J connectivity index is 1.72. The lowest BCUT2D eigenvalue weighted by Crippen LogP contribution is -2.35. The van der Waals surface area contributed by atoms with Crippen LogP contribution in [0.3, 0.4) is 0 Å². The first kappa shape index (κ1) is 27.3. The first-order valence-corrected chi connectivity index (χ1v) is 12.9. The Morgan fingerprint density at radius 2 is 1.94 bits per heavy atom. The normalized spacial score (nSPS) is 16.7. The van der Waals surface area contributed by atoms with Crippen LogP contribution in [0.5, 0.6) is 0 Å². The van der Waals surface area contributed by atoms with Gasteiger partial charge in [-0.05, 0) is 42.7 Å². The van der Waals surface area contributed by atoms with Crippen molar-refractivity contribution in [1.29, 1.82) is 0 Å². The molecular weight excluding hydrogens is 498 g/mol. The summed E-state index contributed by atoms with van der Waals surface area (Å²) in [6.07, 6.45) is 1.83. The number of aromatic nitrogens is 1. The van der Waals surface area contributed by atoms with E-state index < -0.39 is 34.5 Å². The Labute approximate surface area is 207 Å². The van der Waals surface area contributed by atoms with Gasteiger partial charge in [0.15, 0.2) is 9.84 Å². The van der Waals surface area contributed by atoms with Gasteiger partial charge < -0.3 is 25.4 Å². The summed E-state index contributed by atoms with van der Waals surface area (Å²) in [7, 11) is -3.41. The van der Waals surface area contributed by atoms with Crippen molar-refractivity contribution in [3.63, 3.8) is 0 Å². The van der Waals surface area contributed by atoms with Crippen LogP contribution in [-0.4, -0.2) is 63.6 Å². The summed E-state index contributed by atoms with van der Waals surface area (Å²) in [4.78, 5) is 30.3. The van der Waals surface area contributed by atoms with Gasteiger partial charge in [0.25, 0.3) is 5.91 Å². The van der Waals surface area contributed by atoms with Crippen LogP contribution in [0.2, 0.25) is 0 Å². The maximum atomic E-state index is 12.9. The number of hydrogen-bond donors (Lipinski definition) is 2. The Kier molecular flexibility index (Phi) is 9.15. The quantitative estimate of drug-likeness (QED) is 0.455.